The van der Waals surface area contributed by atoms with Crippen molar-refractivity contribution in [3.05, 3.63) is 59.9 Å². The van der Waals surface area contributed by atoms with Gasteiger partial charge in [0.2, 0.25) is 5.91 Å². The lowest BCUT2D eigenvalue weighted by atomic mass is 9.95. The van der Waals surface area contributed by atoms with Crippen LogP contribution in [-0.4, -0.2) is 12.5 Å². The number of rotatable bonds is 6. The molecule has 0 saturated heterocycles. The molecular formula is C20H24ClFN2O2. The van der Waals surface area contributed by atoms with E-state index >= 15 is 0 Å². The molecule has 0 radical (unpaired) electrons. The number of carbonyl (C=O) groups excluding carboxylic acids is 1. The number of hydrogen-bond acceptors (Lipinski definition) is 3. The Bertz CT molecular complexity index is 724. The summed E-state index contributed by atoms with van der Waals surface area (Å²) in [7, 11) is 0. The van der Waals surface area contributed by atoms with Crippen LogP contribution in [0.1, 0.15) is 24.8 Å². The van der Waals surface area contributed by atoms with Crippen LogP contribution in [0.2, 0.25) is 0 Å². The molecule has 0 aromatic heterocycles. The number of nitrogens with one attached hydrogen (secondary N) is 1. The predicted octanol–water partition coefficient (Wildman–Crippen LogP) is 4.14. The van der Waals surface area contributed by atoms with Gasteiger partial charge in [-0.2, -0.15) is 0 Å². The Hall–Kier alpha value is -2.11. The van der Waals surface area contributed by atoms with Crippen LogP contribution in [0.5, 0.6) is 5.75 Å². The fourth-order valence-electron chi connectivity index (χ4n) is 3.31. The van der Waals surface area contributed by atoms with Crippen molar-refractivity contribution in [2.24, 2.45) is 17.6 Å². The standard InChI is InChI=1S/C20H23FN2O2.ClH/c21-19-7-2-1-4-15(19)13-25-17-10-8-16(9-11-17)23-20(24)18-6-3-5-14(18)12-22;/h1-2,4,7-11,14,18H,3,5-6,12-13,22H2,(H,23,24);1H/t14-,18-;/m1./s1. The number of carbonyl (C=O) groups is 1. The van der Waals surface area contributed by atoms with Gasteiger partial charge in [0, 0.05) is 17.2 Å². The van der Waals surface area contributed by atoms with Crippen LogP contribution in [-0.2, 0) is 11.4 Å². The van der Waals surface area contributed by atoms with Crippen LogP contribution in [0.4, 0.5) is 10.1 Å². The fourth-order valence-corrected chi connectivity index (χ4v) is 3.31. The molecule has 140 valence electrons. The smallest absolute Gasteiger partial charge is 0.227 e. The quantitative estimate of drug-likeness (QED) is 0.794. The maximum Gasteiger partial charge on any atom is 0.227 e. The topological polar surface area (TPSA) is 64.4 Å². The second kappa shape index (κ2) is 9.55. The van der Waals surface area contributed by atoms with Crippen LogP contribution in [0.3, 0.4) is 0 Å². The van der Waals surface area contributed by atoms with Gasteiger partial charge in [0.05, 0.1) is 0 Å². The summed E-state index contributed by atoms with van der Waals surface area (Å²) in [6.45, 7) is 0.722. The first-order chi connectivity index (χ1) is 12.2. The summed E-state index contributed by atoms with van der Waals surface area (Å²) < 4.78 is 19.2. The van der Waals surface area contributed by atoms with Crippen LogP contribution >= 0.6 is 12.4 Å². The molecule has 1 fully saturated rings. The van der Waals surface area contributed by atoms with E-state index in [1.54, 1.807) is 42.5 Å². The number of halogens is 2. The first-order valence-electron chi connectivity index (χ1n) is 8.64. The largest absolute Gasteiger partial charge is 0.489 e. The van der Waals surface area contributed by atoms with Crippen molar-refractivity contribution < 1.29 is 13.9 Å². The molecule has 1 aliphatic carbocycles. The summed E-state index contributed by atoms with van der Waals surface area (Å²) in [5.74, 6) is 0.665. The predicted molar refractivity (Wildman–Crippen MR) is 103 cm³/mol. The second-order valence-corrected chi connectivity index (χ2v) is 6.43. The Morgan fingerprint density at radius 3 is 2.58 bits per heavy atom. The number of nitrogens with two attached hydrogens (primary N) is 1. The van der Waals surface area contributed by atoms with Crippen molar-refractivity contribution >= 4 is 24.0 Å². The number of ether oxygens (including phenoxy) is 1. The van der Waals surface area contributed by atoms with E-state index in [0.717, 1.165) is 24.9 Å². The summed E-state index contributed by atoms with van der Waals surface area (Å²) in [5, 5.41) is 2.95. The number of hydrogen-bond donors (Lipinski definition) is 2. The Labute approximate surface area is 159 Å². The first kappa shape index (κ1) is 20.2. The van der Waals surface area contributed by atoms with Crippen molar-refractivity contribution in [3.63, 3.8) is 0 Å². The number of anilines is 1. The average Bonchev–Trinajstić information content (AvgIpc) is 3.11. The highest BCUT2D eigenvalue weighted by atomic mass is 35.5. The van der Waals surface area contributed by atoms with E-state index in [1.165, 1.54) is 6.07 Å². The van der Waals surface area contributed by atoms with Crippen molar-refractivity contribution in [2.45, 2.75) is 25.9 Å². The third-order valence-electron chi connectivity index (χ3n) is 4.77. The van der Waals surface area contributed by atoms with E-state index in [4.69, 9.17) is 10.5 Å². The zero-order chi connectivity index (χ0) is 17.6. The van der Waals surface area contributed by atoms with Crippen molar-refractivity contribution in [1.29, 1.82) is 0 Å². The maximum absolute atomic E-state index is 13.6. The van der Waals surface area contributed by atoms with E-state index in [-0.39, 0.29) is 42.6 Å². The SMILES string of the molecule is Cl.NC[C@H]1CCC[C@H]1C(=O)Nc1ccc(OCc2ccccc2F)cc1. The molecule has 3 N–H and O–H groups in total. The molecule has 6 heteroatoms. The average molecular weight is 379 g/mol. The zero-order valence-corrected chi connectivity index (χ0v) is 15.3. The molecule has 0 bridgehead atoms. The molecular weight excluding hydrogens is 355 g/mol. The van der Waals surface area contributed by atoms with Crippen LogP contribution in [0.15, 0.2) is 48.5 Å². The lowest BCUT2D eigenvalue weighted by molar-refractivity contribution is -0.120. The molecule has 2 aromatic rings. The summed E-state index contributed by atoms with van der Waals surface area (Å²) in [6.07, 6.45) is 2.98. The van der Waals surface area contributed by atoms with Gasteiger partial charge in [0.25, 0.3) is 0 Å². The van der Waals surface area contributed by atoms with E-state index < -0.39 is 0 Å². The highest BCUT2D eigenvalue weighted by Gasteiger charge is 2.31. The molecule has 0 heterocycles. The van der Waals surface area contributed by atoms with Gasteiger partial charge in [-0.15, -0.1) is 12.4 Å². The fraction of sp³-hybridized carbons (Fsp3) is 0.350. The lowest BCUT2D eigenvalue weighted by Crippen LogP contribution is -2.29. The number of amides is 1. The Kier molecular flexibility index (Phi) is 7.42. The summed E-state index contributed by atoms with van der Waals surface area (Å²) >= 11 is 0. The van der Waals surface area contributed by atoms with Crippen LogP contribution in [0.25, 0.3) is 0 Å². The number of benzene rings is 2. The van der Waals surface area contributed by atoms with E-state index in [9.17, 15) is 9.18 Å². The maximum atomic E-state index is 13.6. The van der Waals surface area contributed by atoms with Crippen LogP contribution in [0, 0.1) is 17.7 Å². The van der Waals surface area contributed by atoms with Gasteiger partial charge in [0.15, 0.2) is 0 Å². The monoisotopic (exact) mass is 378 g/mol. The summed E-state index contributed by atoms with van der Waals surface area (Å²) in [4.78, 5) is 12.4. The molecule has 2 aromatic carbocycles. The van der Waals surface area contributed by atoms with Gasteiger partial charge in [-0.05, 0) is 55.6 Å². The molecule has 26 heavy (non-hydrogen) atoms. The molecule has 4 nitrogen and oxygen atoms in total. The van der Waals surface area contributed by atoms with Crippen LogP contribution < -0.4 is 15.8 Å². The molecule has 1 saturated carbocycles. The van der Waals surface area contributed by atoms with Gasteiger partial charge >= 0.3 is 0 Å². The molecule has 2 atom stereocenters. The van der Waals surface area contributed by atoms with E-state index in [0.29, 0.717) is 17.9 Å². The summed E-state index contributed by atoms with van der Waals surface area (Å²) in [6, 6.07) is 13.7. The molecule has 3 rings (SSSR count). The van der Waals surface area contributed by atoms with Gasteiger partial charge in [-0.3, -0.25) is 4.79 Å². The highest BCUT2D eigenvalue weighted by molar-refractivity contribution is 5.93. The van der Waals surface area contributed by atoms with Gasteiger partial charge < -0.3 is 15.8 Å². The second-order valence-electron chi connectivity index (χ2n) is 6.43. The Morgan fingerprint density at radius 2 is 1.88 bits per heavy atom. The van der Waals surface area contributed by atoms with Gasteiger partial charge in [-0.1, -0.05) is 24.6 Å². The van der Waals surface area contributed by atoms with E-state index in [2.05, 4.69) is 5.32 Å². The Balaban J connectivity index is 0.00000243. The highest BCUT2D eigenvalue weighted by Crippen LogP contribution is 2.32. The lowest BCUT2D eigenvalue weighted by Gasteiger charge is -2.17. The normalized spacial score (nSPS) is 18.8. The molecule has 0 unspecified atom stereocenters. The van der Waals surface area contributed by atoms with Crippen molar-refractivity contribution in [2.75, 3.05) is 11.9 Å². The third-order valence-corrected chi connectivity index (χ3v) is 4.77. The minimum Gasteiger partial charge on any atom is -0.489 e. The molecule has 0 aliphatic heterocycles. The minimum absolute atomic E-state index is 0. The first-order valence-corrected chi connectivity index (χ1v) is 8.64. The van der Waals surface area contributed by atoms with Crippen molar-refractivity contribution in [3.8, 4) is 5.75 Å². The zero-order valence-electron chi connectivity index (χ0n) is 14.5. The molecule has 1 aliphatic rings. The van der Waals surface area contributed by atoms with Gasteiger partial charge in [0.1, 0.15) is 18.2 Å². The Morgan fingerprint density at radius 1 is 1.15 bits per heavy atom. The molecule has 1 amide bonds. The molecule has 0 spiro atoms. The van der Waals surface area contributed by atoms with Gasteiger partial charge in [-0.25, -0.2) is 4.39 Å². The minimum atomic E-state index is -0.280. The van der Waals surface area contributed by atoms with Crippen molar-refractivity contribution in [1.82, 2.24) is 0 Å². The summed E-state index contributed by atoms with van der Waals surface area (Å²) in [5.41, 5.74) is 6.98. The third kappa shape index (κ3) is 4.96. The van der Waals surface area contributed by atoms with E-state index in [1.807, 2.05) is 0 Å².